The van der Waals surface area contributed by atoms with Crippen molar-refractivity contribution in [1.82, 2.24) is 0 Å². The highest BCUT2D eigenvalue weighted by Gasteiger charge is 2.34. The van der Waals surface area contributed by atoms with Crippen molar-refractivity contribution in [1.29, 1.82) is 0 Å². The molecule has 0 spiro atoms. The van der Waals surface area contributed by atoms with E-state index in [4.69, 9.17) is 4.74 Å². The fourth-order valence-electron chi connectivity index (χ4n) is 5.21. The van der Waals surface area contributed by atoms with Gasteiger partial charge in [-0.05, 0) is 84.2 Å². The van der Waals surface area contributed by atoms with Crippen LogP contribution in [0.15, 0.2) is 43.0 Å². The summed E-state index contributed by atoms with van der Waals surface area (Å²) >= 11 is 0. The van der Waals surface area contributed by atoms with Crippen molar-refractivity contribution in [3.63, 3.8) is 0 Å². The van der Waals surface area contributed by atoms with Crippen molar-refractivity contribution in [3.8, 4) is 5.75 Å². The molecule has 26 heavy (non-hydrogen) atoms. The van der Waals surface area contributed by atoms with E-state index in [1.54, 1.807) is 18.2 Å². The minimum absolute atomic E-state index is 0.290. The van der Waals surface area contributed by atoms with Gasteiger partial charge < -0.3 is 4.74 Å². The molecule has 0 amide bonds. The first-order chi connectivity index (χ1) is 12.6. The van der Waals surface area contributed by atoms with Crippen LogP contribution in [0.3, 0.4) is 0 Å². The van der Waals surface area contributed by atoms with Crippen LogP contribution in [-0.2, 0) is 0 Å². The number of hydrogen-bond donors (Lipinski definition) is 0. The SMILES string of the molecule is C=CCOc1cc2ccc([C@@H]3CC[C@@H]4CC(C)CCC4C3)cc2cc1F. The number of benzene rings is 2. The summed E-state index contributed by atoms with van der Waals surface area (Å²) in [4.78, 5) is 0. The van der Waals surface area contributed by atoms with Gasteiger partial charge in [-0.1, -0.05) is 44.2 Å². The van der Waals surface area contributed by atoms with Crippen LogP contribution in [0.1, 0.15) is 56.9 Å². The first kappa shape index (κ1) is 17.6. The lowest BCUT2D eigenvalue weighted by molar-refractivity contribution is 0.124. The second-order valence-electron chi connectivity index (χ2n) is 8.44. The topological polar surface area (TPSA) is 9.23 Å². The lowest BCUT2D eigenvalue weighted by atomic mass is 9.64. The Morgan fingerprint density at radius 1 is 1.04 bits per heavy atom. The molecule has 0 radical (unpaired) electrons. The van der Waals surface area contributed by atoms with Gasteiger partial charge in [-0.25, -0.2) is 4.39 Å². The van der Waals surface area contributed by atoms with Crippen LogP contribution in [0.4, 0.5) is 4.39 Å². The summed E-state index contributed by atoms with van der Waals surface area (Å²) < 4.78 is 19.7. The molecule has 2 saturated carbocycles. The molecule has 0 N–H and O–H groups in total. The molecule has 2 aromatic rings. The molecule has 2 aliphatic carbocycles. The predicted octanol–water partition coefficient (Wildman–Crippen LogP) is 6.86. The summed E-state index contributed by atoms with van der Waals surface area (Å²) in [7, 11) is 0. The molecule has 4 rings (SSSR count). The first-order valence-electron chi connectivity index (χ1n) is 10.1. The Morgan fingerprint density at radius 2 is 1.85 bits per heavy atom. The third-order valence-electron chi connectivity index (χ3n) is 6.62. The maximum absolute atomic E-state index is 14.3. The molecule has 0 aliphatic heterocycles. The van der Waals surface area contributed by atoms with Crippen LogP contribution in [0.2, 0.25) is 0 Å². The minimum Gasteiger partial charge on any atom is -0.486 e. The van der Waals surface area contributed by atoms with Gasteiger partial charge in [0, 0.05) is 0 Å². The molecule has 0 saturated heterocycles. The molecule has 2 aromatic carbocycles. The molecular formula is C24H29FO. The van der Waals surface area contributed by atoms with E-state index >= 15 is 0 Å². The van der Waals surface area contributed by atoms with Crippen LogP contribution >= 0.6 is 0 Å². The Bertz CT molecular complexity index is 796. The van der Waals surface area contributed by atoms with Gasteiger partial charge in [0.25, 0.3) is 0 Å². The molecule has 4 atom stereocenters. The third kappa shape index (κ3) is 3.51. The zero-order chi connectivity index (χ0) is 18.1. The van der Waals surface area contributed by atoms with E-state index in [-0.39, 0.29) is 5.82 Å². The normalized spacial score (nSPS) is 28.5. The molecule has 1 nitrogen and oxygen atoms in total. The number of halogens is 1. The molecule has 0 aromatic heterocycles. The summed E-state index contributed by atoms with van der Waals surface area (Å²) in [6.07, 6.45) is 9.80. The summed E-state index contributed by atoms with van der Waals surface area (Å²) in [5.41, 5.74) is 1.38. The van der Waals surface area contributed by atoms with Gasteiger partial charge in [-0.3, -0.25) is 0 Å². The average molecular weight is 352 g/mol. The Kier molecular flexibility index (Phi) is 5.02. The second kappa shape index (κ2) is 7.42. The van der Waals surface area contributed by atoms with Gasteiger partial charge >= 0.3 is 0 Å². The Hall–Kier alpha value is -1.83. The summed E-state index contributed by atoms with van der Waals surface area (Å²) in [6.45, 7) is 6.35. The minimum atomic E-state index is -0.290. The molecule has 2 heteroatoms. The highest BCUT2D eigenvalue weighted by Crippen LogP contribution is 2.47. The highest BCUT2D eigenvalue weighted by atomic mass is 19.1. The number of hydrogen-bond acceptors (Lipinski definition) is 1. The van der Waals surface area contributed by atoms with E-state index < -0.39 is 0 Å². The second-order valence-corrected chi connectivity index (χ2v) is 8.44. The van der Waals surface area contributed by atoms with E-state index in [9.17, 15) is 4.39 Å². The predicted molar refractivity (Wildman–Crippen MR) is 106 cm³/mol. The molecule has 138 valence electrons. The molecule has 2 fully saturated rings. The lowest BCUT2D eigenvalue weighted by Crippen LogP contribution is -2.29. The maximum Gasteiger partial charge on any atom is 0.165 e. The third-order valence-corrected chi connectivity index (χ3v) is 6.62. The van der Waals surface area contributed by atoms with E-state index in [0.717, 1.165) is 28.5 Å². The summed E-state index contributed by atoms with van der Waals surface area (Å²) in [5.74, 6) is 3.40. The van der Waals surface area contributed by atoms with Crippen LogP contribution in [-0.4, -0.2) is 6.61 Å². The highest BCUT2D eigenvalue weighted by molar-refractivity contribution is 5.84. The number of rotatable bonds is 4. The van der Waals surface area contributed by atoms with Crippen LogP contribution < -0.4 is 4.74 Å². The maximum atomic E-state index is 14.3. The van der Waals surface area contributed by atoms with Crippen molar-refractivity contribution >= 4 is 10.8 Å². The van der Waals surface area contributed by atoms with Crippen molar-refractivity contribution in [2.45, 2.75) is 51.4 Å². The number of fused-ring (bicyclic) bond motifs is 2. The Balaban J connectivity index is 1.55. The molecule has 0 heterocycles. The van der Waals surface area contributed by atoms with E-state index in [1.807, 2.05) is 0 Å². The Morgan fingerprint density at radius 3 is 2.69 bits per heavy atom. The average Bonchev–Trinajstić information content (AvgIpc) is 2.65. The van der Waals surface area contributed by atoms with Gasteiger partial charge in [0.15, 0.2) is 11.6 Å². The first-order valence-corrected chi connectivity index (χ1v) is 10.1. The Labute approximate surface area is 156 Å². The van der Waals surface area contributed by atoms with Gasteiger partial charge in [0.05, 0.1) is 0 Å². The zero-order valence-corrected chi connectivity index (χ0v) is 15.7. The fraction of sp³-hybridized carbons (Fsp3) is 0.500. The molecular weight excluding hydrogens is 323 g/mol. The molecule has 2 unspecified atom stereocenters. The largest absolute Gasteiger partial charge is 0.486 e. The van der Waals surface area contributed by atoms with E-state index in [0.29, 0.717) is 18.3 Å². The smallest absolute Gasteiger partial charge is 0.165 e. The monoisotopic (exact) mass is 352 g/mol. The van der Waals surface area contributed by atoms with E-state index in [1.165, 1.54) is 44.1 Å². The van der Waals surface area contributed by atoms with Crippen LogP contribution in [0.25, 0.3) is 10.8 Å². The van der Waals surface area contributed by atoms with Crippen LogP contribution in [0.5, 0.6) is 5.75 Å². The molecule has 2 aliphatic rings. The van der Waals surface area contributed by atoms with Crippen molar-refractivity contribution in [3.05, 3.63) is 54.4 Å². The van der Waals surface area contributed by atoms with Gasteiger partial charge in [0.2, 0.25) is 0 Å². The van der Waals surface area contributed by atoms with Gasteiger partial charge in [-0.2, -0.15) is 0 Å². The van der Waals surface area contributed by atoms with Gasteiger partial charge in [-0.15, -0.1) is 0 Å². The van der Waals surface area contributed by atoms with Gasteiger partial charge in [0.1, 0.15) is 6.61 Å². The molecule has 0 bridgehead atoms. The van der Waals surface area contributed by atoms with Crippen LogP contribution in [0, 0.1) is 23.6 Å². The quantitative estimate of drug-likeness (QED) is 0.546. The van der Waals surface area contributed by atoms with Crippen molar-refractivity contribution in [2.75, 3.05) is 6.61 Å². The standard InChI is InChI=1S/C24H29FO/c1-3-10-26-24-15-21-9-8-20(13-22(21)14-23(24)25)19-7-6-17-11-16(2)4-5-18(17)12-19/h3,8-9,13-19H,1,4-7,10-12H2,2H3/t16?,17-,18?,19-/m1/s1. The van der Waals surface area contributed by atoms with Crippen molar-refractivity contribution < 1.29 is 9.13 Å². The summed E-state index contributed by atoms with van der Waals surface area (Å²) in [5, 5.41) is 2.01. The number of ether oxygens (including phenoxy) is 1. The van der Waals surface area contributed by atoms with E-state index in [2.05, 4.69) is 31.7 Å². The fourth-order valence-corrected chi connectivity index (χ4v) is 5.21. The van der Waals surface area contributed by atoms with Crippen molar-refractivity contribution in [2.24, 2.45) is 17.8 Å². The lowest BCUT2D eigenvalue weighted by Gasteiger charge is -2.41. The summed E-state index contributed by atoms with van der Waals surface area (Å²) in [6, 6.07) is 9.99. The zero-order valence-electron chi connectivity index (χ0n) is 15.7.